The molecule has 0 spiro atoms. The summed E-state index contributed by atoms with van der Waals surface area (Å²) in [6.45, 7) is 0. The van der Waals surface area contributed by atoms with Gasteiger partial charge in [0.15, 0.2) is 17.9 Å². The lowest BCUT2D eigenvalue weighted by Crippen LogP contribution is -2.60. The van der Waals surface area contributed by atoms with Crippen molar-refractivity contribution in [2.45, 2.75) is 23.8 Å². The van der Waals surface area contributed by atoms with E-state index in [0.29, 0.717) is 5.69 Å². The number of rotatable bonds is 4. The molecule has 2 bridgehead atoms. The van der Waals surface area contributed by atoms with Crippen molar-refractivity contribution >= 4 is 15.7 Å². The average molecular weight is 434 g/mol. The number of hydrogen-bond acceptors (Lipinski definition) is 4. The van der Waals surface area contributed by atoms with Gasteiger partial charge in [0.25, 0.3) is 0 Å². The molecule has 0 amide bonds. The number of pyridine rings is 1. The van der Waals surface area contributed by atoms with Gasteiger partial charge in [-0.1, -0.05) is 18.2 Å². The highest BCUT2D eigenvalue weighted by molar-refractivity contribution is 7.92. The molecule has 2 aliphatic heterocycles. The summed E-state index contributed by atoms with van der Waals surface area (Å²) in [7, 11) is -3.44. The van der Waals surface area contributed by atoms with Crippen LogP contribution in [0.4, 0.5) is 5.69 Å². The largest absolute Gasteiger partial charge is 0.472 e. The number of benzene rings is 1. The normalized spacial score (nSPS) is 20.8. The molecule has 7 rings (SSSR count). The Hall–Kier alpha value is -3.32. The molecule has 31 heavy (non-hydrogen) atoms. The summed E-state index contributed by atoms with van der Waals surface area (Å²) >= 11 is 0. The predicted molar refractivity (Wildman–Crippen MR) is 114 cm³/mol. The molecule has 6 nitrogen and oxygen atoms in total. The van der Waals surface area contributed by atoms with Crippen LogP contribution < -0.4 is 9.29 Å². The Bertz CT molecular complexity index is 1340. The van der Waals surface area contributed by atoms with Gasteiger partial charge in [-0.25, -0.2) is 8.42 Å². The van der Waals surface area contributed by atoms with Gasteiger partial charge in [0, 0.05) is 40.8 Å². The molecule has 3 aromatic heterocycles. The van der Waals surface area contributed by atoms with Crippen molar-refractivity contribution in [3.8, 4) is 0 Å². The van der Waals surface area contributed by atoms with Crippen LogP contribution in [-0.2, 0) is 15.4 Å². The summed E-state index contributed by atoms with van der Waals surface area (Å²) in [4.78, 5) is 0. The second-order valence-corrected chi connectivity index (χ2v) is 10.1. The molecule has 1 aromatic carbocycles. The van der Waals surface area contributed by atoms with Crippen molar-refractivity contribution in [2.24, 2.45) is 0 Å². The molecular weight excluding hydrogens is 412 g/mol. The van der Waals surface area contributed by atoms with Crippen molar-refractivity contribution in [1.29, 1.82) is 0 Å². The van der Waals surface area contributed by atoms with Crippen LogP contribution >= 0.6 is 0 Å². The molecular formula is C24H21N2O4S+. The Kier molecular flexibility index (Phi) is 3.77. The monoisotopic (exact) mass is 433 g/mol. The average Bonchev–Trinajstić information content (AvgIpc) is 3.47. The fourth-order valence-corrected chi connectivity index (χ4v) is 6.26. The molecule has 7 heteroatoms. The van der Waals surface area contributed by atoms with Crippen LogP contribution in [0.25, 0.3) is 0 Å². The van der Waals surface area contributed by atoms with Gasteiger partial charge in [-0.05, 0) is 18.2 Å². The number of anilines is 1. The van der Waals surface area contributed by atoms with Gasteiger partial charge in [0.2, 0.25) is 10.0 Å². The van der Waals surface area contributed by atoms with Crippen molar-refractivity contribution in [3.05, 3.63) is 108 Å². The first-order valence-electron chi connectivity index (χ1n) is 10.1. The maximum absolute atomic E-state index is 12.2. The molecule has 1 aliphatic carbocycles. The number of fused-ring (bicyclic) bond motifs is 1. The van der Waals surface area contributed by atoms with Crippen LogP contribution in [-0.4, -0.2) is 14.7 Å². The van der Waals surface area contributed by atoms with E-state index in [9.17, 15) is 8.42 Å². The number of sulfonamides is 1. The third-order valence-corrected chi connectivity index (χ3v) is 7.31. The van der Waals surface area contributed by atoms with Gasteiger partial charge >= 0.3 is 0 Å². The van der Waals surface area contributed by atoms with Crippen molar-refractivity contribution < 1.29 is 21.8 Å². The Labute approximate surface area is 180 Å². The van der Waals surface area contributed by atoms with Gasteiger partial charge in [-0.15, -0.1) is 0 Å². The number of hydrogen-bond donors (Lipinski definition) is 1. The minimum absolute atomic E-state index is 0.0438. The van der Waals surface area contributed by atoms with E-state index < -0.39 is 15.4 Å². The Morgan fingerprint density at radius 3 is 2.39 bits per heavy atom. The minimum Gasteiger partial charge on any atom is -0.472 e. The number of nitrogens with one attached hydrogen (secondary N) is 1. The maximum atomic E-state index is 12.2. The standard InChI is InChI=1S/C24H21N2O4S/c1-31(27,28)25-19-6-4-5-18-21-13-24(16-8-11-29-14-16,17-9-12-30-15-17)23(22(18)19)20-7-2-3-10-26(20)21/h2-12,14-15,21,23,25H,13H2,1H3/q+1. The third kappa shape index (κ3) is 2.56. The van der Waals surface area contributed by atoms with Crippen LogP contribution in [0.5, 0.6) is 0 Å². The predicted octanol–water partition coefficient (Wildman–Crippen LogP) is 3.96. The SMILES string of the molecule is CS(=O)(=O)Nc1cccc2c1C1c3cccc[n+]3C2CC1(c1ccoc1)c1ccoc1. The number of aromatic nitrogens is 1. The minimum atomic E-state index is -3.44. The van der Waals surface area contributed by atoms with Crippen molar-refractivity contribution in [2.75, 3.05) is 11.0 Å². The van der Waals surface area contributed by atoms with Crippen LogP contribution in [0, 0.1) is 0 Å². The summed E-state index contributed by atoms with van der Waals surface area (Å²) < 4.78 is 40.6. The van der Waals surface area contributed by atoms with Crippen LogP contribution in [0.1, 0.15) is 46.3 Å². The third-order valence-electron chi connectivity index (χ3n) is 6.72. The summed E-state index contributed by atoms with van der Waals surface area (Å²) in [5.74, 6) is -0.130. The molecule has 5 heterocycles. The Morgan fingerprint density at radius 2 is 1.74 bits per heavy atom. The number of nitrogens with zero attached hydrogens (tertiary/aromatic N) is 1. The summed E-state index contributed by atoms with van der Waals surface area (Å²) in [6, 6.07) is 16.2. The van der Waals surface area contributed by atoms with Gasteiger partial charge < -0.3 is 8.83 Å². The van der Waals surface area contributed by atoms with Crippen molar-refractivity contribution in [3.63, 3.8) is 0 Å². The second kappa shape index (κ2) is 6.34. The van der Waals surface area contributed by atoms with E-state index in [1.54, 1.807) is 25.1 Å². The molecule has 1 N–H and O–H groups in total. The van der Waals surface area contributed by atoms with E-state index in [1.165, 1.54) is 6.26 Å². The fourth-order valence-electron chi connectivity index (χ4n) is 5.68. The molecule has 0 saturated carbocycles. The Morgan fingerprint density at radius 1 is 1.00 bits per heavy atom. The summed E-state index contributed by atoms with van der Waals surface area (Å²) in [5.41, 5.74) is 5.58. The quantitative estimate of drug-likeness (QED) is 0.495. The first-order chi connectivity index (χ1) is 15.0. The molecule has 0 saturated heterocycles. The van der Waals surface area contributed by atoms with E-state index in [2.05, 4.69) is 27.6 Å². The van der Waals surface area contributed by atoms with E-state index in [1.807, 2.05) is 36.4 Å². The van der Waals surface area contributed by atoms with Crippen molar-refractivity contribution in [1.82, 2.24) is 0 Å². The topological polar surface area (TPSA) is 76.3 Å². The second-order valence-electron chi connectivity index (χ2n) is 8.36. The first-order valence-corrected chi connectivity index (χ1v) is 12.0. The molecule has 0 radical (unpaired) electrons. The van der Waals surface area contributed by atoms with E-state index in [-0.39, 0.29) is 12.0 Å². The van der Waals surface area contributed by atoms with Crippen LogP contribution in [0.15, 0.2) is 88.6 Å². The molecule has 3 aliphatic rings. The Balaban J connectivity index is 1.71. The number of furan rings is 2. The molecule has 4 aromatic rings. The van der Waals surface area contributed by atoms with E-state index in [4.69, 9.17) is 8.83 Å². The molecule has 2 atom stereocenters. The highest BCUT2D eigenvalue weighted by atomic mass is 32.2. The zero-order valence-electron chi connectivity index (χ0n) is 16.9. The van der Waals surface area contributed by atoms with E-state index in [0.717, 1.165) is 34.4 Å². The zero-order valence-corrected chi connectivity index (χ0v) is 17.7. The zero-order chi connectivity index (χ0) is 21.2. The fraction of sp³-hybridized carbons (Fsp3) is 0.208. The summed E-state index contributed by atoms with van der Waals surface area (Å²) in [6.07, 6.45) is 11.1. The molecule has 156 valence electrons. The maximum Gasteiger partial charge on any atom is 0.229 e. The lowest BCUT2D eigenvalue weighted by molar-refractivity contribution is -0.732. The van der Waals surface area contributed by atoms with Gasteiger partial charge in [0.05, 0.1) is 48.3 Å². The molecule has 2 unspecified atom stereocenters. The smallest absolute Gasteiger partial charge is 0.229 e. The first kappa shape index (κ1) is 18.4. The highest BCUT2D eigenvalue weighted by Crippen LogP contribution is 2.61. The molecule has 0 fully saturated rings. The lowest BCUT2D eigenvalue weighted by atomic mass is 9.54. The van der Waals surface area contributed by atoms with Crippen LogP contribution in [0.3, 0.4) is 0 Å². The van der Waals surface area contributed by atoms with Gasteiger partial charge in [-0.2, -0.15) is 4.57 Å². The van der Waals surface area contributed by atoms with E-state index >= 15 is 0 Å². The summed E-state index contributed by atoms with van der Waals surface area (Å²) in [5, 5.41) is 0. The van der Waals surface area contributed by atoms with Gasteiger partial charge in [-0.3, -0.25) is 4.72 Å². The highest BCUT2D eigenvalue weighted by Gasteiger charge is 2.60. The van der Waals surface area contributed by atoms with Crippen LogP contribution in [0.2, 0.25) is 0 Å². The lowest BCUT2D eigenvalue weighted by Gasteiger charge is -2.49. The van der Waals surface area contributed by atoms with Gasteiger partial charge in [0.1, 0.15) is 0 Å².